The molecule has 1 aromatic rings. The molecule has 4 aliphatic carbocycles. The molecule has 1 aromatic carbocycles. The van der Waals surface area contributed by atoms with Crippen molar-refractivity contribution in [2.75, 3.05) is 19.0 Å². The van der Waals surface area contributed by atoms with Gasteiger partial charge in [0.2, 0.25) is 0 Å². The highest BCUT2D eigenvalue weighted by molar-refractivity contribution is 5.93. The smallest absolute Gasteiger partial charge is 0.156 e. The normalized spacial score (nSPS) is 35.1. The van der Waals surface area contributed by atoms with Crippen molar-refractivity contribution in [2.24, 2.45) is 17.3 Å². The van der Waals surface area contributed by atoms with Gasteiger partial charge in [-0.1, -0.05) is 30.6 Å². The second-order valence-corrected chi connectivity index (χ2v) is 10.9. The second-order valence-electron chi connectivity index (χ2n) is 10.9. The van der Waals surface area contributed by atoms with E-state index in [1.54, 1.807) is 5.57 Å². The zero-order valence-electron chi connectivity index (χ0n) is 20.4. The van der Waals surface area contributed by atoms with Crippen LogP contribution in [0, 0.1) is 29.1 Å². The van der Waals surface area contributed by atoms with Crippen LogP contribution in [0.5, 0.6) is 0 Å². The molecule has 33 heavy (non-hydrogen) atoms. The Kier molecular flexibility index (Phi) is 5.54. The first-order valence-electron chi connectivity index (χ1n) is 12.4. The first-order chi connectivity index (χ1) is 15.8. The van der Waals surface area contributed by atoms with Crippen LogP contribution in [0.2, 0.25) is 0 Å². The number of ketones is 1. The van der Waals surface area contributed by atoms with Crippen molar-refractivity contribution in [3.63, 3.8) is 0 Å². The summed E-state index contributed by atoms with van der Waals surface area (Å²) in [6.07, 6.45) is 8.43. The molecule has 0 radical (unpaired) electrons. The number of anilines is 1. The van der Waals surface area contributed by atoms with Crippen LogP contribution in [0.15, 0.2) is 47.1 Å². The van der Waals surface area contributed by atoms with Crippen molar-refractivity contribution < 1.29 is 10.0 Å². The number of fused-ring (bicyclic) bond motifs is 4. The molecule has 0 bridgehead atoms. The van der Waals surface area contributed by atoms with E-state index in [0.717, 1.165) is 38.5 Å². The Hall–Kier alpha value is -2.35. The molecule has 0 saturated heterocycles. The van der Waals surface area contributed by atoms with Crippen molar-refractivity contribution >= 4 is 11.5 Å². The number of nitrogens with zero attached hydrogens (tertiary/aromatic N) is 1. The first kappa shape index (κ1) is 22.4. The highest BCUT2D eigenvalue weighted by Crippen LogP contribution is 2.66. The van der Waals surface area contributed by atoms with Crippen LogP contribution in [-0.4, -0.2) is 30.6 Å². The average molecular weight is 445 g/mol. The molecule has 5 atom stereocenters. The summed E-state index contributed by atoms with van der Waals surface area (Å²) < 4.78 is 0. The number of allylic oxidation sites excluding steroid dienone is 4. The number of hydrogen-bond donors (Lipinski definition) is 2. The topological polar surface area (TPSA) is 52.6 Å². The summed E-state index contributed by atoms with van der Waals surface area (Å²) in [4.78, 5) is 14.3. The molecule has 2 N–H and O–H groups in total. The SMILES string of the molecule is CC#C[C@]1(NO)CC[C@H]2[C@@H]3CCC4=CC(=O)CCC4=C3[C@@H](c3ccc(N(C)C)cc3)C[C@@]21C. The number of hydroxylamine groups is 1. The molecule has 4 aliphatic rings. The van der Waals surface area contributed by atoms with Gasteiger partial charge in [-0.3, -0.25) is 4.79 Å². The molecule has 2 fully saturated rings. The first-order valence-corrected chi connectivity index (χ1v) is 12.4. The maximum atomic E-state index is 12.2. The predicted molar refractivity (Wildman–Crippen MR) is 132 cm³/mol. The van der Waals surface area contributed by atoms with Gasteiger partial charge < -0.3 is 10.1 Å². The van der Waals surface area contributed by atoms with Gasteiger partial charge in [-0.25, -0.2) is 0 Å². The molecule has 0 aromatic heterocycles. The number of benzene rings is 1. The average Bonchev–Trinajstić information content (AvgIpc) is 3.10. The van der Waals surface area contributed by atoms with E-state index in [9.17, 15) is 10.0 Å². The van der Waals surface area contributed by atoms with E-state index in [2.05, 4.69) is 67.5 Å². The third-order valence-corrected chi connectivity index (χ3v) is 9.27. The van der Waals surface area contributed by atoms with Gasteiger partial charge in [0.15, 0.2) is 5.78 Å². The van der Waals surface area contributed by atoms with E-state index in [4.69, 9.17) is 0 Å². The van der Waals surface area contributed by atoms with Gasteiger partial charge in [-0.15, -0.1) is 5.92 Å². The summed E-state index contributed by atoms with van der Waals surface area (Å²) in [6.45, 7) is 4.23. The maximum absolute atomic E-state index is 12.2. The fourth-order valence-electron chi connectivity index (χ4n) is 7.62. The van der Waals surface area contributed by atoms with E-state index in [-0.39, 0.29) is 17.1 Å². The van der Waals surface area contributed by atoms with Gasteiger partial charge in [0.1, 0.15) is 5.54 Å². The monoisotopic (exact) mass is 444 g/mol. The summed E-state index contributed by atoms with van der Waals surface area (Å²) in [5, 5.41) is 10.4. The van der Waals surface area contributed by atoms with Gasteiger partial charge in [0.05, 0.1) is 0 Å². The number of rotatable bonds is 3. The third kappa shape index (κ3) is 3.32. The lowest BCUT2D eigenvalue weighted by atomic mass is 9.50. The molecular weight excluding hydrogens is 408 g/mol. The summed E-state index contributed by atoms with van der Waals surface area (Å²) in [6, 6.07) is 9.00. The molecule has 0 unspecified atom stereocenters. The van der Waals surface area contributed by atoms with Crippen LogP contribution in [0.3, 0.4) is 0 Å². The number of hydrogen-bond acceptors (Lipinski definition) is 4. The molecule has 0 heterocycles. The third-order valence-electron chi connectivity index (χ3n) is 9.27. The van der Waals surface area contributed by atoms with Gasteiger partial charge in [0.25, 0.3) is 0 Å². The summed E-state index contributed by atoms with van der Waals surface area (Å²) in [5.74, 6) is 8.06. The van der Waals surface area contributed by atoms with Crippen molar-refractivity contribution in [3.8, 4) is 11.8 Å². The van der Waals surface area contributed by atoms with Gasteiger partial charge in [-0.05, 0) is 92.2 Å². The number of nitrogens with one attached hydrogen (secondary N) is 1. The Balaban J connectivity index is 1.68. The summed E-state index contributed by atoms with van der Waals surface area (Å²) in [7, 11) is 4.14. The minimum atomic E-state index is -0.566. The van der Waals surface area contributed by atoms with E-state index < -0.39 is 5.54 Å². The molecule has 0 amide bonds. The van der Waals surface area contributed by atoms with Crippen molar-refractivity contribution in [1.29, 1.82) is 0 Å². The quantitative estimate of drug-likeness (QED) is 0.485. The maximum Gasteiger partial charge on any atom is 0.156 e. The fraction of sp³-hybridized carbons (Fsp3) is 0.552. The minimum absolute atomic E-state index is 0.129. The van der Waals surface area contributed by atoms with E-state index >= 15 is 0 Å². The largest absolute Gasteiger partial charge is 0.378 e. The molecule has 2 saturated carbocycles. The lowest BCUT2D eigenvalue weighted by Crippen LogP contribution is -2.57. The van der Waals surface area contributed by atoms with E-state index in [1.807, 2.05) is 13.0 Å². The van der Waals surface area contributed by atoms with Crippen molar-refractivity contribution in [2.45, 2.75) is 70.3 Å². The van der Waals surface area contributed by atoms with Gasteiger partial charge in [0, 0.05) is 37.5 Å². The van der Waals surface area contributed by atoms with Gasteiger partial charge in [-0.2, -0.15) is 5.48 Å². The highest BCUT2D eigenvalue weighted by atomic mass is 16.5. The van der Waals surface area contributed by atoms with Crippen LogP contribution in [0.1, 0.15) is 70.3 Å². The minimum Gasteiger partial charge on any atom is -0.378 e. The lowest BCUT2D eigenvalue weighted by Gasteiger charge is -2.54. The van der Waals surface area contributed by atoms with Crippen LogP contribution in [0.25, 0.3) is 0 Å². The Labute approximate surface area is 198 Å². The summed E-state index contributed by atoms with van der Waals surface area (Å²) in [5.41, 5.74) is 8.90. The predicted octanol–water partition coefficient (Wildman–Crippen LogP) is 5.39. The zero-order valence-corrected chi connectivity index (χ0v) is 20.4. The molecule has 174 valence electrons. The standard InChI is InChI=1S/C29H36N2O2/c1-5-15-29(30-33)16-14-26-24-12-8-20-17-22(32)11-13-23(20)27(24)25(18-28(26,29)2)19-6-9-21(10-7-19)31(3)4/h6-7,9-10,17,24-26,30,33H,8,11-14,16,18H2,1-4H3/t24-,25+,26-,28-,29-/m0/s1. The molecule has 5 rings (SSSR count). The Morgan fingerprint density at radius 1 is 1.12 bits per heavy atom. The second kappa shape index (κ2) is 8.15. The van der Waals surface area contributed by atoms with Crippen LogP contribution in [-0.2, 0) is 4.79 Å². The Bertz CT molecular complexity index is 1090. The molecular formula is C29H36N2O2. The van der Waals surface area contributed by atoms with Crippen molar-refractivity contribution in [3.05, 3.63) is 52.6 Å². The van der Waals surface area contributed by atoms with E-state index in [1.165, 1.54) is 22.4 Å². The van der Waals surface area contributed by atoms with Crippen LogP contribution in [0.4, 0.5) is 5.69 Å². The summed E-state index contributed by atoms with van der Waals surface area (Å²) >= 11 is 0. The van der Waals surface area contributed by atoms with E-state index in [0.29, 0.717) is 18.3 Å². The van der Waals surface area contributed by atoms with Gasteiger partial charge >= 0.3 is 0 Å². The molecule has 4 nitrogen and oxygen atoms in total. The highest BCUT2D eigenvalue weighted by Gasteiger charge is 2.63. The molecule has 4 heteroatoms. The number of carbonyl (C=O) groups is 1. The Morgan fingerprint density at radius 2 is 1.88 bits per heavy atom. The molecule has 0 aliphatic heterocycles. The molecule has 0 spiro atoms. The Morgan fingerprint density at radius 3 is 2.55 bits per heavy atom. The van der Waals surface area contributed by atoms with Crippen LogP contribution < -0.4 is 10.4 Å². The zero-order chi connectivity index (χ0) is 23.4. The number of carbonyl (C=O) groups excluding carboxylic acids is 1. The van der Waals surface area contributed by atoms with Crippen LogP contribution >= 0.6 is 0 Å². The van der Waals surface area contributed by atoms with Crippen molar-refractivity contribution in [1.82, 2.24) is 5.48 Å². The fourth-order valence-corrected chi connectivity index (χ4v) is 7.62. The lowest BCUT2D eigenvalue weighted by molar-refractivity contribution is -0.114.